The maximum absolute atomic E-state index is 13.0. The standard InChI is InChI=1S/C18H20N4O3/c1-11-20-13(9-17(19-2)21-11)14-4-3-7-22(14)18(23)12-5-6-15-16(8-12)25-10-24-15/h5-6,8-9,14H,3-4,7,10H2,1-2H3,(H,19,20,21). The van der Waals surface area contributed by atoms with Crippen molar-refractivity contribution >= 4 is 11.7 Å². The van der Waals surface area contributed by atoms with Crippen molar-refractivity contribution in [1.29, 1.82) is 0 Å². The molecule has 2 aliphatic rings. The van der Waals surface area contributed by atoms with Crippen LogP contribution in [-0.4, -0.2) is 41.2 Å². The van der Waals surface area contributed by atoms with E-state index < -0.39 is 0 Å². The molecule has 1 fully saturated rings. The van der Waals surface area contributed by atoms with Crippen molar-refractivity contribution < 1.29 is 14.3 Å². The average Bonchev–Trinajstić information content (AvgIpc) is 3.28. The number of benzene rings is 1. The fraction of sp³-hybridized carbons (Fsp3) is 0.389. The lowest BCUT2D eigenvalue weighted by Crippen LogP contribution is -2.31. The highest BCUT2D eigenvalue weighted by atomic mass is 16.7. The number of ether oxygens (including phenoxy) is 2. The van der Waals surface area contributed by atoms with Crippen LogP contribution in [0.4, 0.5) is 5.82 Å². The Labute approximate surface area is 146 Å². The summed E-state index contributed by atoms with van der Waals surface area (Å²) >= 11 is 0. The van der Waals surface area contributed by atoms with Crippen molar-refractivity contribution in [1.82, 2.24) is 14.9 Å². The molecule has 7 heteroatoms. The van der Waals surface area contributed by atoms with Crippen LogP contribution in [-0.2, 0) is 0 Å². The van der Waals surface area contributed by atoms with E-state index in [9.17, 15) is 4.79 Å². The first-order chi connectivity index (χ1) is 12.2. The van der Waals surface area contributed by atoms with Gasteiger partial charge in [-0.3, -0.25) is 4.79 Å². The Balaban J connectivity index is 1.63. The highest BCUT2D eigenvalue weighted by molar-refractivity contribution is 5.95. The average molecular weight is 340 g/mol. The number of anilines is 1. The third-order valence-electron chi connectivity index (χ3n) is 4.59. The van der Waals surface area contributed by atoms with Crippen LogP contribution in [0.1, 0.15) is 40.8 Å². The van der Waals surface area contributed by atoms with Crippen LogP contribution < -0.4 is 14.8 Å². The van der Waals surface area contributed by atoms with Crippen molar-refractivity contribution in [3.63, 3.8) is 0 Å². The molecule has 130 valence electrons. The molecule has 2 aromatic rings. The van der Waals surface area contributed by atoms with Crippen LogP contribution >= 0.6 is 0 Å². The molecule has 1 saturated heterocycles. The lowest BCUT2D eigenvalue weighted by Gasteiger charge is -2.25. The lowest BCUT2D eigenvalue weighted by atomic mass is 10.1. The summed E-state index contributed by atoms with van der Waals surface area (Å²) in [7, 11) is 1.83. The SMILES string of the molecule is CNc1cc(C2CCCN2C(=O)c2ccc3c(c2)OCO3)nc(C)n1. The van der Waals surface area contributed by atoms with Gasteiger partial charge in [0, 0.05) is 25.2 Å². The fourth-order valence-electron chi connectivity index (χ4n) is 3.40. The molecule has 0 bridgehead atoms. The molecule has 1 aromatic heterocycles. The Hall–Kier alpha value is -2.83. The van der Waals surface area contributed by atoms with E-state index in [1.54, 1.807) is 18.2 Å². The van der Waals surface area contributed by atoms with E-state index in [-0.39, 0.29) is 18.7 Å². The zero-order valence-electron chi connectivity index (χ0n) is 14.3. The van der Waals surface area contributed by atoms with E-state index in [2.05, 4.69) is 15.3 Å². The minimum absolute atomic E-state index is 0.0110. The Bertz CT molecular complexity index is 824. The number of nitrogens with one attached hydrogen (secondary N) is 1. The van der Waals surface area contributed by atoms with Gasteiger partial charge in [0.25, 0.3) is 5.91 Å². The van der Waals surface area contributed by atoms with Crippen molar-refractivity contribution in [2.24, 2.45) is 0 Å². The molecule has 0 spiro atoms. The minimum atomic E-state index is -0.0354. The minimum Gasteiger partial charge on any atom is -0.454 e. The molecule has 0 radical (unpaired) electrons. The van der Waals surface area contributed by atoms with Crippen molar-refractivity contribution in [3.05, 3.63) is 41.3 Å². The number of hydrogen-bond acceptors (Lipinski definition) is 6. The summed E-state index contributed by atoms with van der Waals surface area (Å²) in [5, 5.41) is 3.05. The maximum atomic E-state index is 13.0. The fourth-order valence-corrected chi connectivity index (χ4v) is 3.40. The second kappa shape index (κ2) is 6.23. The first-order valence-corrected chi connectivity index (χ1v) is 8.39. The molecule has 0 saturated carbocycles. The third kappa shape index (κ3) is 2.86. The molecule has 7 nitrogen and oxygen atoms in total. The smallest absolute Gasteiger partial charge is 0.254 e. The molecular weight excluding hydrogens is 320 g/mol. The van der Waals surface area contributed by atoms with Gasteiger partial charge in [0.2, 0.25) is 6.79 Å². The number of carbonyl (C=O) groups excluding carboxylic acids is 1. The van der Waals surface area contributed by atoms with Gasteiger partial charge in [-0.25, -0.2) is 9.97 Å². The molecule has 1 aromatic carbocycles. The number of fused-ring (bicyclic) bond motifs is 1. The van der Waals surface area contributed by atoms with E-state index >= 15 is 0 Å². The first kappa shape index (κ1) is 15.7. The maximum Gasteiger partial charge on any atom is 0.254 e. The van der Waals surface area contributed by atoms with Crippen LogP contribution in [0.5, 0.6) is 11.5 Å². The first-order valence-electron chi connectivity index (χ1n) is 8.39. The zero-order valence-corrected chi connectivity index (χ0v) is 14.3. The van der Waals surface area contributed by atoms with Gasteiger partial charge >= 0.3 is 0 Å². The topological polar surface area (TPSA) is 76.6 Å². The Kier molecular flexibility index (Phi) is 3.91. The van der Waals surface area contributed by atoms with Gasteiger partial charge in [0.05, 0.1) is 11.7 Å². The Morgan fingerprint density at radius 1 is 1.24 bits per heavy atom. The Morgan fingerprint density at radius 2 is 2.08 bits per heavy atom. The highest BCUT2D eigenvalue weighted by Crippen LogP contribution is 2.36. The van der Waals surface area contributed by atoms with Gasteiger partial charge in [0.1, 0.15) is 11.6 Å². The third-order valence-corrected chi connectivity index (χ3v) is 4.59. The summed E-state index contributed by atoms with van der Waals surface area (Å²) in [5.74, 6) is 2.76. The van der Waals surface area contributed by atoms with E-state index in [1.807, 2.05) is 24.9 Å². The Morgan fingerprint density at radius 3 is 2.92 bits per heavy atom. The van der Waals surface area contributed by atoms with E-state index in [4.69, 9.17) is 9.47 Å². The predicted octanol–water partition coefficient (Wildman–Crippen LogP) is 2.53. The van der Waals surface area contributed by atoms with Crippen LogP contribution in [0, 0.1) is 6.92 Å². The van der Waals surface area contributed by atoms with Crippen molar-refractivity contribution in [2.75, 3.05) is 25.7 Å². The molecule has 4 rings (SSSR count). The van der Waals surface area contributed by atoms with Gasteiger partial charge in [-0.05, 0) is 38.0 Å². The molecule has 1 unspecified atom stereocenters. The second-order valence-corrected chi connectivity index (χ2v) is 6.20. The summed E-state index contributed by atoms with van der Waals surface area (Å²) in [6, 6.07) is 7.21. The van der Waals surface area contributed by atoms with E-state index in [0.717, 1.165) is 30.9 Å². The monoisotopic (exact) mass is 340 g/mol. The van der Waals surface area contributed by atoms with Crippen molar-refractivity contribution in [2.45, 2.75) is 25.8 Å². The summed E-state index contributed by atoms with van der Waals surface area (Å²) in [5.41, 5.74) is 1.49. The summed E-state index contributed by atoms with van der Waals surface area (Å²) in [4.78, 5) is 23.8. The van der Waals surface area contributed by atoms with Crippen LogP contribution in [0.2, 0.25) is 0 Å². The number of amides is 1. The normalized spacial score (nSPS) is 18.5. The number of likely N-dealkylation sites (tertiary alicyclic amines) is 1. The molecule has 1 N–H and O–H groups in total. The quantitative estimate of drug-likeness (QED) is 0.925. The van der Waals surface area contributed by atoms with E-state index in [0.29, 0.717) is 22.9 Å². The predicted molar refractivity (Wildman–Crippen MR) is 91.9 cm³/mol. The van der Waals surface area contributed by atoms with Gasteiger partial charge in [-0.15, -0.1) is 0 Å². The largest absolute Gasteiger partial charge is 0.454 e. The summed E-state index contributed by atoms with van der Waals surface area (Å²) in [6.45, 7) is 2.78. The second-order valence-electron chi connectivity index (χ2n) is 6.20. The number of aryl methyl sites for hydroxylation is 1. The van der Waals surface area contributed by atoms with Crippen molar-refractivity contribution in [3.8, 4) is 11.5 Å². The number of hydrogen-bond donors (Lipinski definition) is 1. The van der Waals surface area contributed by atoms with Gasteiger partial charge in [-0.2, -0.15) is 0 Å². The molecule has 25 heavy (non-hydrogen) atoms. The number of carbonyl (C=O) groups is 1. The highest BCUT2D eigenvalue weighted by Gasteiger charge is 2.32. The van der Waals surface area contributed by atoms with Gasteiger partial charge in [0.15, 0.2) is 11.5 Å². The van der Waals surface area contributed by atoms with Gasteiger partial charge in [-0.1, -0.05) is 0 Å². The lowest BCUT2D eigenvalue weighted by molar-refractivity contribution is 0.0732. The van der Waals surface area contributed by atoms with Crippen LogP contribution in [0.25, 0.3) is 0 Å². The summed E-state index contributed by atoms with van der Waals surface area (Å²) < 4.78 is 10.7. The molecule has 1 atom stereocenters. The molecule has 3 heterocycles. The zero-order chi connectivity index (χ0) is 17.4. The molecule has 0 aliphatic carbocycles. The van der Waals surface area contributed by atoms with Gasteiger partial charge < -0.3 is 19.7 Å². The number of aromatic nitrogens is 2. The molecular formula is C18H20N4O3. The van der Waals surface area contributed by atoms with Crippen LogP contribution in [0.3, 0.4) is 0 Å². The number of nitrogens with zero attached hydrogens (tertiary/aromatic N) is 3. The van der Waals surface area contributed by atoms with E-state index in [1.165, 1.54) is 0 Å². The molecule has 2 aliphatic heterocycles. The summed E-state index contributed by atoms with van der Waals surface area (Å²) in [6.07, 6.45) is 1.86. The number of rotatable bonds is 3. The molecule has 1 amide bonds. The van der Waals surface area contributed by atoms with Crippen LogP contribution in [0.15, 0.2) is 24.3 Å².